The highest BCUT2D eigenvalue weighted by Crippen LogP contribution is 2.26. The summed E-state index contributed by atoms with van der Waals surface area (Å²) in [6.45, 7) is 8.38. The van der Waals surface area contributed by atoms with Gasteiger partial charge in [0.15, 0.2) is 0 Å². The predicted molar refractivity (Wildman–Crippen MR) is 74.4 cm³/mol. The molecule has 0 aliphatic rings. The van der Waals surface area contributed by atoms with E-state index in [4.69, 9.17) is 11.6 Å². The van der Waals surface area contributed by atoms with Crippen LogP contribution in [0, 0.1) is 5.92 Å². The summed E-state index contributed by atoms with van der Waals surface area (Å²) < 4.78 is 0. The second kappa shape index (κ2) is 7.21. The minimum absolute atomic E-state index is 0.713. The Balaban J connectivity index is 2.59. The molecule has 0 aromatic heterocycles. The van der Waals surface area contributed by atoms with Crippen molar-refractivity contribution in [1.29, 1.82) is 0 Å². The Hall–Kier alpha value is -0.180. The van der Waals surface area contributed by atoms with Crippen molar-refractivity contribution in [2.24, 2.45) is 5.92 Å². The molecule has 0 fully saturated rings. The van der Waals surface area contributed by atoms with Gasteiger partial charge in [-0.05, 0) is 30.2 Å². The van der Waals surface area contributed by atoms with Crippen molar-refractivity contribution in [1.82, 2.24) is 5.32 Å². The highest BCUT2D eigenvalue weighted by atomic mass is 35.5. The van der Waals surface area contributed by atoms with Gasteiger partial charge in [-0.1, -0.05) is 38.4 Å². The summed E-state index contributed by atoms with van der Waals surface area (Å²) >= 11 is 8.10. The van der Waals surface area contributed by atoms with Gasteiger partial charge < -0.3 is 5.32 Å². The molecule has 0 heterocycles. The monoisotopic (exact) mass is 257 g/mol. The molecule has 1 aromatic rings. The Labute approximate surface area is 108 Å². The third kappa shape index (κ3) is 4.77. The number of rotatable bonds is 6. The standard InChI is InChI=1S/C13H20ClNS/c1-4-15-8-11-5-6-12(7-13(11)14)16-9-10(2)3/h5-7,10,15H,4,8-9H2,1-3H3. The largest absolute Gasteiger partial charge is 0.313 e. The first-order valence-electron chi connectivity index (χ1n) is 5.75. The van der Waals surface area contributed by atoms with Gasteiger partial charge in [-0.2, -0.15) is 0 Å². The van der Waals surface area contributed by atoms with Crippen LogP contribution in [0.15, 0.2) is 23.1 Å². The maximum Gasteiger partial charge on any atom is 0.0462 e. The van der Waals surface area contributed by atoms with E-state index in [0.717, 1.165) is 23.9 Å². The summed E-state index contributed by atoms with van der Waals surface area (Å²) in [4.78, 5) is 1.26. The van der Waals surface area contributed by atoms with E-state index in [0.29, 0.717) is 5.92 Å². The first kappa shape index (κ1) is 13.9. The molecule has 3 heteroatoms. The zero-order valence-corrected chi connectivity index (χ0v) is 11.8. The molecule has 1 rings (SSSR count). The Morgan fingerprint density at radius 3 is 2.69 bits per heavy atom. The zero-order chi connectivity index (χ0) is 12.0. The van der Waals surface area contributed by atoms with Gasteiger partial charge >= 0.3 is 0 Å². The summed E-state index contributed by atoms with van der Waals surface area (Å²) in [5.74, 6) is 1.85. The van der Waals surface area contributed by atoms with Crippen molar-refractivity contribution in [2.75, 3.05) is 12.3 Å². The van der Waals surface area contributed by atoms with Crippen LogP contribution < -0.4 is 5.32 Å². The Morgan fingerprint density at radius 1 is 1.38 bits per heavy atom. The molecular weight excluding hydrogens is 238 g/mol. The molecule has 1 nitrogen and oxygen atoms in total. The Bertz CT molecular complexity index is 326. The molecule has 0 unspecified atom stereocenters. The molecule has 16 heavy (non-hydrogen) atoms. The van der Waals surface area contributed by atoms with E-state index in [1.54, 1.807) is 0 Å². The van der Waals surface area contributed by atoms with Gasteiger partial charge in [0, 0.05) is 22.2 Å². The fraction of sp³-hybridized carbons (Fsp3) is 0.538. The molecule has 0 spiro atoms. The lowest BCUT2D eigenvalue weighted by molar-refractivity contribution is 0.726. The minimum atomic E-state index is 0.713. The van der Waals surface area contributed by atoms with Crippen LogP contribution in [0.5, 0.6) is 0 Å². The van der Waals surface area contributed by atoms with Crippen LogP contribution in [0.2, 0.25) is 5.02 Å². The van der Waals surface area contributed by atoms with Crippen LogP contribution in [0.25, 0.3) is 0 Å². The first-order chi connectivity index (χ1) is 7.63. The molecule has 0 saturated carbocycles. The number of nitrogens with one attached hydrogen (secondary N) is 1. The molecule has 0 bridgehead atoms. The molecule has 0 radical (unpaired) electrons. The second-order valence-electron chi connectivity index (χ2n) is 4.24. The van der Waals surface area contributed by atoms with Gasteiger partial charge in [0.05, 0.1) is 0 Å². The number of halogens is 1. The van der Waals surface area contributed by atoms with E-state index in [1.165, 1.54) is 10.5 Å². The van der Waals surface area contributed by atoms with Gasteiger partial charge in [0.1, 0.15) is 0 Å². The molecule has 0 saturated heterocycles. The van der Waals surface area contributed by atoms with E-state index in [9.17, 15) is 0 Å². The van der Waals surface area contributed by atoms with Gasteiger partial charge in [0.25, 0.3) is 0 Å². The lowest BCUT2D eigenvalue weighted by Crippen LogP contribution is -2.11. The van der Waals surface area contributed by atoms with Crippen LogP contribution >= 0.6 is 23.4 Å². The molecule has 1 aromatic carbocycles. The lowest BCUT2D eigenvalue weighted by Gasteiger charge is -2.08. The number of hydrogen-bond acceptors (Lipinski definition) is 2. The molecule has 0 atom stereocenters. The van der Waals surface area contributed by atoms with Crippen molar-refractivity contribution in [3.8, 4) is 0 Å². The van der Waals surface area contributed by atoms with Crippen molar-refractivity contribution < 1.29 is 0 Å². The molecular formula is C13H20ClNS. The quantitative estimate of drug-likeness (QED) is 0.767. The van der Waals surface area contributed by atoms with Crippen molar-refractivity contribution in [2.45, 2.75) is 32.2 Å². The minimum Gasteiger partial charge on any atom is -0.313 e. The molecule has 0 amide bonds. The van der Waals surface area contributed by atoms with Crippen LogP contribution in [-0.2, 0) is 6.54 Å². The predicted octanol–water partition coefficient (Wildman–Crippen LogP) is 4.20. The van der Waals surface area contributed by atoms with Gasteiger partial charge in [0.2, 0.25) is 0 Å². The number of thioether (sulfide) groups is 1. The fourth-order valence-corrected chi connectivity index (χ4v) is 2.49. The van der Waals surface area contributed by atoms with Gasteiger partial charge in [-0.15, -0.1) is 11.8 Å². The Kier molecular flexibility index (Phi) is 6.25. The highest BCUT2D eigenvalue weighted by molar-refractivity contribution is 7.99. The Morgan fingerprint density at radius 2 is 2.12 bits per heavy atom. The normalized spacial score (nSPS) is 11.1. The summed E-state index contributed by atoms with van der Waals surface area (Å²) in [7, 11) is 0. The van der Waals surface area contributed by atoms with Crippen LogP contribution in [-0.4, -0.2) is 12.3 Å². The summed E-state index contributed by atoms with van der Waals surface area (Å²) in [6, 6.07) is 6.35. The van der Waals surface area contributed by atoms with E-state index in [2.05, 4.69) is 44.3 Å². The number of benzene rings is 1. The fourth-order valence-electron chi connectivity index (χ4n) is 1.28. The van der Waals surface area contributed by atoms with Crippen molar-refractivity contribution in [3.63, 3.8) is 0 Å². The molecule has 0 aliphatic heterocycles. The van der Waals surface area contributed by atoms with Crippen molar-refractivity contribution in [3.05, 3.63) is 28.8 Å². The number of hydrogen-bond donors (Lipinski definition) is 1. The second-order valence-corrected chi connectivity index (χ2v) is 5.74. The summed E-state index contributed by atoms with van der Waals surface area (Å²) in [5, 5.41) is 4.15. The smallest absolute Gasteiger partial charge is 0.0462 e. The third-order valence-corrected chi connectivity index (χ3v) is 3.95. The van der Waals surface area contributed by atoms with E-state index < -0.39 is 0 Å². The van der Waals surface area contributed by atoms with Crippen LogP contribution in [0.3, 0.4) is 0 Å². The average Bonchev–Trinajstić information content (AvgIpc) is 2.25. The first-order valence-corrected chi connectivity index (χ1v) is 7.11. The van der Waals surface area contributed by atoms with E-state index in [-0.39, 0.29) is 0 Å². The van der Waals surface area contributed by atoms with Gasteiger partial charge in [-0.3, -0.25) is 0 Å². The maximum atomic E-state index is 6.23. The topological polar surface area (TPSA) is 12.0 Å². The molecule has 90 valence electrons. The van der Waals surface area contributed by atoms with Crippen LogP contribution in [0.1, 0.15) is 26.3 Å². The lowest BCUT2D eigenvalue weighted by atomic mass is 10.2. The zero-order valence-electron chi connectivity index (χ0n) is 10.2. The summed E-state index contributed by atoms with van der Waals surface area (Å²) in [6.07, 6.45) is 0. The third-order valence-electron chi connectivity index (χ3n) is 2.17. The van der Waals surface area contributed by atoms with E-state index >= 15 is 0 Å². The average molecular weight is 258 g/mol. The highest BCUT2D eigenvalue weighted by Gasteiger charge is 2.03. The SMILES string of the molecule is CCNCc1ccc(SCC(C)C)cc1Cl. The summed E-state index contributed by atoms with van der Waals surface area (Å²) in [5.41, 5.74) is 1.18. The van der Waals surface area contributed by atoms with Gasteiger partial charge in [-0.25, -0.2) is 0 Å². The maximum absolute atomic E-state index is 6.23. The molecule has 1 N–H and O–H groups in total. The van der Waals surface area contributed by atoms with Crippen LogP contribution in [0.4, 0.5) is 0 Å². The van der Waals surface area contributed by atoms with Crippen molar-refractivity contribution >= 4 is 23.4 Å². The van der Waals surface area contributed by atoms with E-state index in [1.807, 2.05) is 11.8 Å². The molecule has 0 aliphatic carbocycles.